The molecule has 5 nitrogen and oxygen atoms in total. The van der Waals surface area contributed by atoms with E-state index in [1.807, 2.05) is 0 Å². The molecule has 0 N–H and O–H groups in total. The number of carbonyl (C=O) groups excluding carboxylic acids is 1. The van der Waals surface area contributed by atoms with Crippen LogP contribution in [0.15, 0.2) is 12.1 Å². The number of hydrogen-bond donors (Lipinski definition) is 0. The predicted octanol–water partition coefficient (Wildman–Crippen LogP) is 2.24. The van der Waals surface area contributed by atoms with Crippen LogP contribution in [-0.4, -0.2) is 15.7 Å². The molecule has 0 aliphatic heterocycles. The summed E-state index contributed by atoms with van der Waals surface area (Å²) in [4.78, 5) is 24.5. The highest BCUT2D eigenvalue weighted by Crippen LogP contribution is 2.21. The van der Waals surface area contributed by atoms with Gasteiger partial charge in [-0.2, -0.15) is 0 Å². The number of ketones is 1. The van der Waals surface area contributed by atoms with E-state index in [0.29, 0.717) is 6.42 Å². The number of pyridine rings is 1. The molecule has 0 amide bonds. The minimum atomic E-state index is -0.643. The van der Waals surface area contributed by atoms with Crippen molar-refractivity contribution >= 4 is 23.1 Å². The van der Waals surface area contributed by atoms with Crippen molar-refractivity contribution in [1.29, 1.82) is 0 Å². The van der Waals surface area contributed by atoms with Gasteiger partial charge in [0.1, 0.15) is 5.69 Å². The molecule has 1 heterocycles. The highest BCUT2D eigenvalue weighted by molar-refractivity contribution is 6.31. The number of aromatic nitrogens is 1. The first-order valence-electron chi connectivity index (χ1n) is 3.90. The van der Waals surface area contributed by atoms with Crippen LogP contribution >= 0.6 is 11.6 Å². The minimum Gasteiger partial charge on any atom is -0.292 e. The van der Waals surface area contributed by atoms with Gasteiger partial charge >= 0.3 is 5.69 Å². The molecule has 0 aromatic carbocycles. The molecule has 0 saturated carbocycles. The van der Waals surface area contributed by atoms with Gasteiger partial charge in [-0.05, 0) is 6.07 Å². The quantitative estimate of drug-likeness (QED) is 0.335. The van der Waals surface area contributed by atoms with E-state index in [9.17, 15) is 14.9 Å². The Labute approximate surface area is 84.9 Å². The summed E-state index contributed by atoms with van der Waals surface area (Å²) in [5.41, 5.74) is -0.137. The Morgan fingerprint density at radius 2 is 2.29 bits per heavy atom. The summed E-state index contributed by atoms with van der Waals surface area (Å²) < 4.78 is 0. The zero-order chi connectivity index (χ0) is 10.7. The molecule has 0 bridgehead atoms. The van der Waals surface area contributed by atoms with Crippen LogP contribution in [0.3, 0.4) is 0 Å². The third-order valence-corrected chi connectivity index (χ3v) is 1.91. The Kier molecular flexibility index (Phi) is 3.14. The Morgan fingerprint density at radius 1 is 1.64 bits per heavy atom. The summed E-state index contributed by atoms with van der Waals surface area (Å²) in [5, 5.41) is 10.1. The molecule has 0 saturated heterocycles. The first kappa shape index (κ1) is 10.6. The van der Waals surface area contributed by atoms with Crippen molar-refractivity contribution in [3.63, 3.8) is 0 Å². The van der Waals surface area contributed by atoms with Gasteiger partial charge in [0.15, 0.2) is 5.78 Å². The van der Waals surface area contributed by atoms with E-state index in [1.165, 1.54) is 12.1 Å². The molecule has 0 aliphatic rings. The second kappa shape index (κ2) is 4.15. The highest BCUT2D eigenvalue weighted by Gasteiger charge is 2.15. The maximum absolute atomic E-state index is 11.2. The summed E-state index contributed by atoms with van der Waals surface area (Å²) >= 11 is 5.52. The lowest BCUT2D eigenvalue weighted by Gasteiger charge is -1.98. The van der Waals surface area contributed by atoms with Gasteiger partial charge in [0.2, 0.25) is 5.15 Å². The molecule has 0 atom stereocenters. The van der Waals surface area contributed by atoms with E-state index >= 15 is 0 Å². The monoisotopic (exact) mass is 214 g/mol. The molecule has 0 radical (unpaired) electrons. The Balaban J connectivity index is 3.12. The van der Waals surface area contributed by atoms with Crippen LogP contribution in [0, 0.1) is 10.1 Å². The van der Waals surface area contributed by atoms with Crippen molar-refractivity contribution < 1.29 is 9.72 Å². The molecule has 74 valence electrons. The number of nitro groups is 1. The number of nitrogens with zero attached hydrogens (tertiary/aromatic N) is 2. The van der Waals surface area contributed by atoms with Gasteiger partial charge in [0.25, 0.3) is 0 Å². The zero-order valence-electron chi connectivity index (χ0n) is 7.36. The lowest BCUT2D eigenvalue weighted by Crippen LogP contribution is -2.01. The smallest absolute Gasteiger partial charge is 0.292 e. The van der Waals surface area contributed by atoms with E-state index in [0.717, 1.165) is 0 Å². The highest BCUT2D eigenvalue weighted by atomic mass is 35.5. The van der Waals surface area contributed by atoms with Crippen LogP contribution in [-0.2, 0) is 0 Å². The van der Waals surface area contributed by atoms with E-state index < -0.39 is 4.92 Å². The summed E-state index contributed by atoms with van der Waals surface area (Å²) in [6.07, 6.45) is 0.293. The fraction of sp³-hybridized carbons (Fsp3) is 0.250. The minimum absolute atomic E-state index is 0.156. The lowest BCUT2D eigenvalue weighted by atomic mass is 10.2. The van der Waals surface area contributed by atoms with Crippen molar-refractivity contribution in [2.24, 2.45) is 0 Å². The molecule has 1 aromatic heterocycles. The van der Waals surface area contributed by atoms with Crippen LogP contribution in [0.25, 0.3) is 0 Å². The number of hydrogen-bond acceptors (Lipinski definition) is 4. The fourth-order valence-corrected chi connectivity index (χ4v) is 1.12. The van der Waals surface area contributed by atoms with Gasteiger partial charge in [-0.3, -0.25) is 14.9 Å². The van der Waals surface area contributed by atoms with E-state index in [1.54, 1.807) is 6.92 Å². The normalized spacial score (nSPS) is 9.86. The van der Waals surface area contributed by atoms with Crippen LogP contribution in [0.5, 0.6) is 0 Å². The topological polar surface area (TPSA) is 73.1 Å². The van der Waals surface area contributed by atoms with Crippen LogP contribution in [0.2, 0.25) is 5.15 Å². The molecule has 1 rings (SSSR count). The molecule has 0 fully saturated rings. The molecular formula is C8H7ClN2O3. The Morgan fingerprint density at radius 3 is 2.71 bits per heavy atom. The molecule has 6 heteroatoms. The van der Waals surface area contributed by atoms with Gasteiger partial charge in [-0.25, -0.2) is 4.98 Å². The van der Waals surface area contributed by atoms with Gasteiger partial charge < -0.3 is 0 Å². The first-order valence-corrected chi connectivity index (χ1v) is 4.28. The second-order valence-corrected chi connectivity index (χ2v) is 2.90. The number of rotatable bonds is 3. The van der Waals surface area contributed by atoms with E-state index in [2.05, 4.69) is 4.98 Å². The third kappa shape index (κ3) is 2.05. The molecule has 14 heavy (non-hydrogen) atoms. The van der Waals surface area contributed by atoms with Crippen molar-refractivity contribution in [2.75, 3.05) is 0 Å². The van der Waals surface area contributed by atoms with E-state index in [-0.39, 0.29) is 22.3 Å². The Bertz CT molecular complexity index is 392. The van der Waals surface area contributed by atoms with Crippen molar-refractivity contribution in [3.8, 4) is 0 Å². The number of carbonyl (C=O) groups is 1. The molecular weight excluding hydrogens is 208 g/mol. The van der Waals surface area contributed by atoms with Crippen LogP contribution in [0.4, 0.5) is 5.69 Å². The maximum atomic E-state index is 11.2. The van der Waals surface area contributed by atoms with Crippen molar-refractivity contribution in [1.82, 2.24) is 4.98 Å². The van der Waals surface area contributed by atoms with E-state index in [4.69, 9.17) is 11.6 Å². The Hall–Kier alpha value is -1.49. The van der Waals surface area contributed by atoms with Crippen LogP contribution < -0.4 is 0 Å². The zero-order valence-corrected chi connectivity index (χ0v) is 8.11. The second-order valence-electron chi connectivity index (χ2n) is 2.54. The van der Waals surface area contributed by atoms with Gasteiger partial charge in [0.05, 0.1) is 4.92 Å². The average molecular weight is 215 g/mol. The number of Topliss-reactive ketones (excluding diaryl/α,β-unsaturated/α-hetero) is 1. The van der Waals surface area contributed by atoms with Crippen molar-refractivity contribution in [3.05, 3.63) is 33.1 Å². The fourth-order valence-electron chi connectivity index (χ4n) is 0.900. The first-order chi connectivity index (χ1) is 6.56. The van der Waals surface area contributed by atoms with Crippen LogP contribution in [0.1, 0.15) is 23.8 Å². The SMILES string of the molecule is CCC(=O)c1ccc([N+](=O)[O-])c(Cl)n1. The predicted molar refractivity (Wildman–Crippen MR) is 50.5 cm³/mol. The van der Waals surface area contributed by atoms with Crippen molar-refractivity contribution in [2.45, 2.75) is 13.3 Å². The van der Waals surface area contributed by atoms with Gasteiger partial charge in [-0.15, -0.1) is 0 Å². The maximum Gasteiger partial charge on any atom is 0.306 e. The number of halogens is 1. The standard InChI is InChI=1S/C8H7ClN2O3/c1-2-7(12)5-3-4-6(11(13)14)8(9)10-5/h3-4H,2H2,1H3. The third-order valence-electron chi connectivity index (χ3n) is 1.63. The molecule has 0 unspecified atom stereocenters. The molecule has 0 spiro atoms. The molecule has 0 aliphatic carbocycles. The summed E-state index contributed by atoms with van der Waals surface area (Å²) in [7, 11) is 0. The largest absolute Gasteiger partial charge is 0.306 e. The summed E-state index contributed by atoms with van der Waals surface area (Å²) in [6, 6.07) is 2.48. The lowest BCUT2D eigenvalue weighted by molar-refractivity contribution is -0.385. The van der Waals surface area contributed by atoms with Gasteiger partial charge in [-0.1, -0.05) is 18.5 Å². The van der Waals surface area contributed by atoms with Gasteiger partial charge in [0, 0.05) is 12.5 Å². The average Bonchev–Trinajstić information content (AvgIpc) is 2.15. The summed E-state index contributed by atoms with van der Waals surface area (Å²) in [5.74, 6) is -0.193. The molecule has 1 aromatic rings. The summed E-state index contributed by atoms with van der Waals surface area (Å²) in [6.45, 7) is 1.68.